The van der Waals surface area contributed by atoms with E-state index in [0.29, 0.717) is 18.2 Å². The van der Waals surface area contributed by atoms with Crippen molar-refractivity contribution < 1.29 is 9.47 Å². The number of benzene rings is 1. The first kappa shape index (κ1) is 10.2. The molecule has 0 radical (unpaired) electrons. The SMILES string of the molecule is Nc1cnc(Nc2ccc3c(c2)OCCO3)s1. The molecule has 3 N–H and O–H groups in total. The minimum Gasteiger partial charge on any atom is -0.486 e. The Morgan fingerprint density at radius 1 is 1.24 bits per heavy atom. The van der Waals surface area contributed by atoms with Gasteiger partial charge in [0, 0.05) is 11.8 Å². The summed E-state index contributed by atoms with van der Waals surface area (Å²) < 4.78 is 10.9. The molecule has 17 heavy (non-hydrogen) atoms. The molecule has 6 heteroatoms. The number of hydrogen-bond acceptors (Lipinski definition) is 6. The fourth-order valence-electron chi connectivity index (χ4n) is 1.59. The lowest BCUT2D eigenvalue weighted by atomic mass is 10.2. The molecule has 0 spiro atoms. The lowest BCUT2D eigenvalue weighted by molar-refractivity contribution is 0.171. The summed E-state index contributed by atoms with van der Waals surface area (Å²) in [4.78, 5) is 4.13. The largest absolute Gasteiger partial charge is 0.486 e. The summed E-state index contributed by atoms with van der Waals surface area (Å²) >= 11 is 1.40. The predicted octanol–water partition coefficient (Wildman–Crippen LogP) is 2.24. The normalized spacial score (nSPS) is 13.4. The Morgan fingerprint density at radius 2 is 2.06 bits per heavy atom. The summed E-state index contributed by atoms with van der Waals surface area (Å²) in [6.45, 7) is 1.18. The second-order valence-electron chi connectivity index (χ2n) is 3.55. The summed E-state index contributed by atoms with van der Waals surface area (Å²) in [5, 5.41) is 4.62. The molecule has 5 nitrogen and oxygen atoms in total. The molecular formula is C11H11N3O2S. The van der Waals surface area contributed by atoms with E-state index in [4.69, 9.17) is 15.2 Å². The highest BCUT2D eigenvalue weighted by atomic mass is 32.1. The van der Waals surface area contributed by atoms with E-state index in [0.717, 1.165) is 22.3 Å². The van der Waals surface area contributed by atoms with Crippen LogP contribution in [0, 0.1) is 0 Å². The van der Waals surface area contributed by atoms with E-state index >= 15 is 0 Å². The molecule has 0 saturated heterocycles. The molecule has 0 fully saturated rings. The van der Waals surface area contributed by atoms with Crippen molar-refractivity contribution in [3.63, 3.8) is 0 Å². The molecule has 1 aromatic heterocycles. The molecule has 0 saturated carbocycles. The standard InChI is InChI=1S/C11H11N3O2S/c12-10-6-13-11(17-10)14-7-1-2-8-9(5-7)16-4-3-15-8/h1-2,5-6H,3-4,12H2,(H,13,14). The molecular weight excluding hydrogens is 238 g/mol. The van der Waals surface area contributed by atoms with Gasteiger partial charge in [0.15, 0.2) is 16.6 Å². The van der Waals surface area contributed by atoms with E-state index < -0.39 is 0 Å². The number of fused-ring (bicyclic) bond motifs is 1. The average molecular weight is 249 g/mol. The molecule has 1 aliphatic heterocycles. The number of nitrogens with two attached hydrogens (primary N) is 1. The van der Waals surface area contributed by atoms with E-state index in [1.165, 1.54) is 11.3 Å². The van der Waals surface area contributed by atoms with Gasteiger partial charge >= 0.3 is 0 Å². The number of nitrogen functional groups attached to an aromatic ring is 1. The van der Waals surface area contributed by atoms with Gasteiger partial charge in [0.25, 0.3) is 0 Å². The minimum atomic E-state index is 0.584. The van der Waals surface area contributed by atoms with Crippen LogP contribution in [0.2, 0.25) is 0 Å². The van der Waals surface area contributed by atoms with E-state index in [1.54, 1.807) is 6.20 Å². The van der Waals surface area contributed by atoms with Crippen molar-refractivity contribution in [2.24, 2.45) is 0 Å². The molecule has 0 aliphatic carbocycles. The van der Waals surface area contributed by atoms with Crippen molar-refractivity contribution in [1.29, 1.82) is 0 Å². The number of hydrogen-bond donors (Lipinski definition) is 2. The van der Waals surface area contributed by atoms with Crippen molar-refractivity contribution >= 4 is 27.2 Å². The highest BCUT2D eigenvalue weighted by Gasteiger charge is 2.12. The minimum absolute atomic E-state index is 0.584. The van der Waals surface area contributed by atoms with Gasteiger partial charge in [-0.25, -0.2) is 4.98 Å². The number of nitrogens with zero attached hydrogens (tertiary/aromatic N) is 1. The maximum atomic E-state index is 5.61. The van der Waals surface area contributed by atoms with Gasteiger partial charge in [-0.05, 0) is 12.1 Å². The maximum Gasteiger partial charge on any atom is 0.189 e. The number of thiazole rings is 1. The zero-order valence-electron chi connectivity index (χ0n) is 8.97. The molecule has 0 unspecified atom stereocenters. The Hall–Kier alpha value is -1.95. The van der Waals surface area contributed by atoms with Crippen LogP contribution >= 0.6 is 11.3 Å². The summed E-state index contributed by atoms with van der Waals surface area (Å²) in [6, 6.07) is 5.70. The zero-order valence-corrected chi connectivity index (χ0v) is 9.79. The third-order valence-corrected chi connectivity index (χ3v) is 3.06. The van der Waals surface area contributed by atoms with Gasteiger partial charge in [0.05, 0.1) is 6.20 Å². The van der Waals surface area contributed by atoms with Crippen LogP contribution in [0.25, 0.3) is 0 Å². The Balaban J connectivity index is 1.84. The number of anilines is 3. The third-order valence-electron chi connectivity index (χ3n) is 2.32. The van der Waals surface area contributed by atoms with E-state index in [1.807, 2.05) is 18.2 Å². The Kier molecular flexibility index (Phi) is 2.49. The van der Waals surface area contributed by atoms with Crippen LogP contribution in [-0.2, 0) is 0 Å². The van der Waals surface area contributed by atoms with Crippen LogP contribution in [0.15, 0.2) is 24.4 Å². The lowest BCUT2D eigenvalue weighted by Gasteiger charge is -2.18. The van der Waals surface area contributed by atoms with Crippen molar-refractivity contribution in [1.82, 2.24) is 4.98 Å². The first-order valence-corrected chi connectivity index (χ1v) is 6.01. The van der Waals surface area contributed by atoms with Crippen LogP contribution in [0.3, 0.4) is 0 Å². The Labute approximate surface area is 102 Å². The summed E-state index contributed by atoms with van der Waals surface area (Å²) in [6.07, 6.45) is 1.63. The average Bonchev–Trinajstić information content (AvgIpc) is 2.75. The van der Waals surface area contributed by atoms with Crippen molar-refractivity contribution in [2.75, 3.05) is 24.3 Å². The zero-order chi connectivity index (χ0) is 11.7. The highest BCUT2D eigenvalue weighted by molar-refractivity contribution is 7.19. The van der Waals surface area contributed by atoms with Gasteiger partial charge in [-0.3, -0.25) is 0 Å². The third kappa shape index (κ3) is 2.12. The van der Waals surface area contributed by atoms with Crippen LogP contribution in [0.4, 0.5) is 15.8 Å². The highest BCUT2D eigenvalue weighted by Crippen LogP contribution is 2.34. The fourth-order valence-corrected chi connectivity index (χ4v) is 2.19. The number of rotatable bonds is 2. The molecule has 2 heterocycles. The predicted molar refractivity (Wildman–Crippen MR) is 67.2 cm³/mol. The van der Waals surface area contributed by atoms with E-state index in [2.05, 4.69) is 10.3 Å². The van der Waals surface area contributed by atoms with Gasteiger partial charge in [-0.2, -0.15) is 0 Å². The monoisotopic (exact) mass is 249 g/mol. The van der Waals surface area contributed by atoms with Crippen LogP contribution in [0.1, 0.15) is 0 Å². The second kappa shape index (κ2) is 4.14. The summed E-state index contributed by atoms with van der Waals surface area (Å²) in [5.41, 5.74) is 6.52. The number of nitrogens with one attached hydrogen (secondary N) is 1. The van der Waals surface area contributed by atoms with E-state index in [-0.39, 0.29) is 0 Å². The van der Waals surface area contributed by atoms with E-state index in [9.17, 15) is 0 Å². The Bertz CT molecular complexity index is 541. The number of aromatic nitrogens is 1. The maximum absolute atomic E-state index is 5.61. The van der Waals surface area contributed by atoms with Gasteiger partial charge in [-0.1, -0.05) is 11.3 Å². The molecule has 2 aromatic rings. The van der Waals surface area contributed by atoms with Gasteiger partial charge < -0.3 is 20.5 Å². The Morgan fingerprint density at radius 3 is 2.82 bits per heavy atom. The second-order valence-corrected chi connectivity index (χ2v) is 4.61. The van der Waals surface area contributed by atoms with Gasteiger partial charge in [0.2, 0.25) is 0 Å². The van der Waals surface area contributed by atoms with Gasteiger partial charge in [-0.15, -0.1) is 0 Å². The molecule has 0 amide bonds. The molecule has 3 rings (SSSR count). The molecule has 1 aromatic carbocycles. The molecule has 1 aliphatic rings. The first-order valence-electron chi connectivity index (χ1n) is 5.19. The topological polar surface area (TPSA) is 69.4 Å². The lowest BCUT2D eigenvalue weighted by Crippen LogP contribution is -2.15. The molecule has 0 atom stereocenters. The van der Waals surface area contributed by atoms with Gasteiger partial charge in [0.1, 0.15) is 18.2 Å². The van der Waals surface area contributed by atoms with Crippen LogP contribution < -0.4 is 20.5 Å². The van der Waals surface area contributed by atoms with Crippen molar-refractivity contribution in [3.8, 4) is 11.5 Å². The molecule has 0 bridgehead atoms. The van der Waals surface area contributed by atoms with Crippen LogP contribution in [0.5, 0.6) is 11.5 Å². The summed E-state index contributed by atoms with van der Waals surface area (Å²) in [7, 11) is 0. The quantitative estimate of drug-likeness (QED) is 0.854. The number of ether oxygens (including phenoxy) is 2. The smallest absolute Gasteiger partial charge is 0.189 e. The fraction of sp³-hybridized carbons (Fsp3) is 0.182. The van der Waals surface area contributed by atoms with Crippen LogP contribution in [-0.4, -0.2) is 18.2 Å². The van der Waals surface area contributed by atoms with Crippen molar-refractivity contribution in [2.45, 2.75) is 0 Å². The first-order chi connectivity index (χ1) is 8.31. The summed E-state index contributed by atoms with van der Waals surface area (Å²) in [5.74, 6) is 1.53. The van der Waals surface area contributed by atoms with Crippen molar-refractivity contribution in [3.05, 3.63) is 24.4 Å². The molecule has 88 valence electrons.